The van der Waals surface area contributed by atoms with Crippen LogP contribution in [0, 0.1) is 0 Å². The second-order valence-electron chi connectivity index (χ2n) is 5.09. The molecule has 1 aromatic rings. The van der Waals surface area contributed by atoms with Crippen LogP contribution in [0.3, 0.4) is 0 Å². The molecule has 0 atom stereocenters. The summed E-state index contributed by atoms with van der Waals surface area (Å²) in [5.41, 5.74) is 6.46. The first-order chi connectivity index (χ1) is 10.1. The number of hydrogen-bond donors (Lipinski definition) is 1. The highest BCUT2D eigenvalue weighted by Crippen LogP contribution is 2.27. The predicted molar refractivity (Wildman–Crippen MR) is 88.2 cm³/mol. The number of carbonyl (C=O) groups excluding carboxylic acids is 1. The molecule has 0 aliphatic heterocycles. The normalized spacial score (nSPS) is 14.1. The van der Waals surface area contributed by atoms with Crippen molar-refractivity contribution in [3.05, 3.63) is 35.9 Å². The number of carbonyl (C=O) groups is 1. The van der Waals surface area contributed by atoms with E-state index in [2.05, 4.69) is 0 Å². The maximum absolute atomic E-state index is 12.3. The van der Waals surface area contributed by atoms with Crippen LogP contribution in [0.2, 0.25) is 0 Å². The van der Waals surface area contributed by atoms with Gasteiger partial charge in [0.15, 0.2) is 0 Å². The smallest absolute Gasteiger partial charge is 0.246 e. The first-order valence-electron chi connectivity index (χ1n) is 7.01. The molecular weight excluding hydrogens is 284 g/mol. The average Bonchev–Trinajstić information content (AvgIpc) is 3.30. The largest absolute Gasteiger partial charge is 0.497 e. The Morgan fingerprint density at radius 3 is 2.90 bits per heavy atom. The monoisotopic (exact) mass is 304 g/mol. The van der Waals surface area contributed by atoms with Crippen LogP contribution in [-0.4, -0.2) is 35.5 Å². The molecule has 1 fully saturated rings. The van der Waals surface area contributed by atoms with Crippen molar-refractivity contribution in [2.75, 3.05) is 13.7 Å². The summed E-state index contributed by atoms with van der Waals surface area (Å²) in [4.78, 5) is 14.6. The summed E-state index contributed by atoms with van der Waals surface area (Å²) >= 11 is 4.88. The van der Waals surface area contributed by atoms with Crippen LogP contribution in [0.1, 0.15) is 24.8 Å². The predicted octanol–water partition coefficient (Wildman–Crippen LogP) is 2.38. The number of methoxy groups -OCH3 is 1. The molecule has 1 aliphatic rings. The Labute approximate surface area is 130 Å². The summed E-state index contributed by atoms with van der Waals surface area (Å²) in [7, 11) is 1.62. The number of benzene rings is 1. The lowest BCUT2D eigenvalue weighted by Gasteiger charge is -2.20. The fourth-order valence-corrected chi connectivity index (χ4v) is 2.19. The molecule has 0 bridgehead atoms. The van der Waals surface area contributed by atoms with Crippen LogP contribution in [-0.2, 0) is 4.79 Å². The van der Waals surface area contributed by atoms with Crippen LogP contribution in [0.4, 0.5) is 0 Å². The van der Waals surface area contributed by atoms with Gasteiger partial charge < -0.3 is 15.4 Å². The summed E-state index contributed by atoms with van der Waals surface area (Å²) in [6.07, 6.45) is 6.12. The summed E-state index contributed by atoms with van der Waals surface area (Å²) in [5, 5.41) is 0. The first kappa shape index (κ1) is 15.5. The van der Waals surface area contributed by atoms with E-state index < -0.39 is 0 Å². The van der Waals surface area contributed by atoms with E-state index in [1.807, 2.05) is 29.2 Å². The van der Waals surface area contributed by atoms with Gasteiger partial charge in [-0.3, -0.25) is 4.79 Å². The minimum Gasteiger partial charge on any atom is -0.497 e. The third-order valence-corrected chi connectivity index (χ3v) is 3.59. The highest BCUT2D eigenvalue weighted by molar-refractivity contribution is 7.80. The number of rotatable bonds is 7. The molecule has 0 heterocycles. The lowest BCUT2D eigenvalue weighted by molar-refractivity contribution is -0.126. The first-order valence-corrected chi connectivity index (χ1v) is 7.42. The average molecular weight is 304 g/mol. The molecular formula is C16H20N2O2S. The molecule has 112 valence electrons. The number of ether oxygens (including phenoxy) is 1. The highest BCUT2D eigenvalue weighted by atomic mass is 32.1. The zero-order chi connectivity index (χ0) is 15.2. The Morgan fingerprint density at radius 1 is 1.52 bits per heavy atom. The van der Waals surface area contributed by atoms with E-state index in [1.165, 1.54) is 0 Å². The van der Waals surface area contributed by atoms with Gasteiger partial charge in [-0.05, 0) is 36.6 Å². The molecule has 1 saturated carbocycles. The molecule has 0 aromatic heterocycles. The number of hydrogen-bond acceptors (Lipinski definition) is 3. The van der Waals surface area contributed by atoms with Gasteiger partial charge in [-0.2, -0.15) is 0 Å². The van der Waals surface area contributed by atoms with E-state index in [0.717, 1.165) is 24.2 Å². The Hall–Kier alpha value is -1.88. The highest BCUT2D eigenvalue weighted by Gasteiger charge is 2.31. The lowest BCUT2D eigenvalue weighted by atomic mass is 10.2. The second kappa shape index (κ2) is 7.22. The third-order valence-electron chi connectivity index (χ3n) is 3.38. The lowest BCUT2D eigenvalue weighted by Crippen LogP contribution is -2.34. The fraction of sp³-hybridized carbons (Fsp3) is 0.375. The van der Waals surface area contributed by atoms with Crippen molar-refractivity contribution in [3.8, 4) is 5.75 Å². The van der Waals surface area contributed by atoms with Gasteiger partial charge in [0.05, 0.1) is 12.1 Å². The van der Waals surface area contributed by atoms with E-state index in [4.69, 9.17) is 22.7 Å². The Bertz CT molecular complexity index is 553. The summed E-state index contributed by atoms with van der Waals surface area (Å²) in [6.45, 7) is 0.598. The summed E-state index contributed by atoms with van der Waals surface area (Å²) in [6, 6.07) is 7.94. The van der Waals surface area contributed by atoms with Gasteiger partial charge in [0.25, 0.3) is 0 Å². The molecule has 2 rings (SSSR count). The van der Waals surface area contributed by atoms with Crippen molar-refractivity contribution in [2.24, 2.45) is 5.73 Å². The maximum atomic E-state index is 12.3. The Kier molecular flexibility index (Phi) is 5.33. The topological polar surface area (TPSA) is 55.6 Å². The van der Waals surface area contributed by atoms with Crippen LogP contribution < -0.4 is 10.5 Å². The molecule has 0 saturated heterocycles. The van der Waals surface area contributed by atoms with Gasteiger partial charge in [-0.1, -0.05) is 24.4 Å². The molecule has 0 radical (unpaired) electrons. The zero-order valence-corrected chi connectivity index (χ0v) is 12.9. The quantitative estimate of drug-likeness (QED) is 0.621. The molecule has 1 aliphatic carbocycles. The third kappa shape index (κ3) is 4.86. The van der Waals surface area contributed by atoms with Gasteiger partial charge in [-0.15, -0.1) is 0 Å². The SMILES string of the molecule is COc1cccc(/C=C/C(=O)N(CCC(N)=S)C2CC2)c1. The number of nitrogens with zero attached hydrogens (tertiary/aromatic N) is 1. The summed E-state index contributed by atoms with van der Waals surface area (Å²) < 4.78 is 5.16. The molecule has 5 heteroatoms. The van der Waals surface area contributed by atoms with Crippen LogP contribution in [0.5, 0.6) is 5.75 Å². The van der Waals surface area contributed by atoms with Gasteiger partial charge in [0, 0.05) is 25.1 Å². The minimum atomic E-state index is 0.0107. The van der Waals surface area contributed by atoms with Gasteiger partial charge >= 0.3 is 0 Å². The van der Waals surface area contributed by atoms with Gasteiger partial charge in [-0.25, -0.2) is 0 Å². The van der Waals surface area contributed by atoms with Gasteiger partial charge in [0.1, 0.15) is 5.75 Å². The molecule has 0 spiro atoms. The van der Waals surface area contributed by atoms with E-state index in [-0.39, 0.29) is 5.91 Å². The number of nitrogens with two attached hydrogens (primary N) is 1. The minimum absolute atomic E-state index is 0.0107. The zero-order valence-electron chi connectivity index (χ0n) is 12.1. The Balaban J connectivity index is 2.00. The van der Waals surface area contributed by atoms with Crippen molar-refractivity contribution < 1.29 is 9.53 Å². The molecule has 0 unspecified atom stereocenters. The molecule has 21 heavy (non-hydrogen) atoms. The van der Waals surface area contributed by atoms with Crippen molar-refractivity contribution in [1.82, 2.24) is 4.90 Å². The van der Waals surface area contributed by atoms with Crippen molar-refractivity contribution >= 4 is 29.2 Å². The summed E-state index contributed by atoms with van der Waals surface area (Å²) in [5.74, 6) is 0.786. The molecule has 1 aromatic carbocycles. The molecule has 1 amide bonds. The van der Waals surface area contributed by atoms with Gasteiger partial charge in [0.2, 0.25) is 5.91 Å². The van der Waals surface area contributed by atoms with Crippen LogP contribution >= 0.6 is 12.2 Å². The van der Waals surface area contributed by atoms with E-state index >= 15 is 0 Å². The standard InChI is InChI=1S/C16H20N2O2S/c1-20-14-4-2-3-12(11-14)5-8-16(19)18(13-6-7-13)10-9-15(17)21/h2-5,8,11,13H,6-7,9-10H2,1H3,(H2,17,21)/b8-5+. The maximum Gasteiger partial charge on any atom is 0.246 e. The van der Waals surface area contributed by atoms with Crippen molar-refractivity contribution in [1.29, 1.82) is 0 Å². The molecule has 4 nitrogen and oxygen atoms in total. The number of thiocarbonyl (C=S) groups is 1. The van der Waals surface area contributed by atoms with Crippen LogP contribution in [0.25, 0.3) is 6.08 Å². The van der Waals surface area contributed by atoms with E-state index in [1.54, 1.807) is 19.3 Å². The Morgan fingerprint density at radius 2 is 2.29 bits per heavy atom. The van der Waals surface area contributed by atoms with E-state index in [9.17, 15) is 4.79 Å². The van der Waals surface area contributed by atoms with E-state index in [0.29, 0.717) is 24.0 Å². The van der Waals surface area contributed by atoms with Crippen molar-refractivity contribution in [2.45, 2.75) is 25.3 Å². The second-order valence-corrected chi connectivity index (χ2v) is 5.61. The van der Waals surface area contributed by atoms with Crippen molar-refractivity contribution in [3.63, 3.8) is 0 Å². The van der Waals surface area contributed by atoms with Crippen LogP contribution in [0.15, 0.2) is 30.3 Å². The molecule has 2 N–H and O–H groups in total. The fourth-order valence-electron chi connectivity index (χ4n) is 2.10. The number of amides is 1.